The van der Waals surface area contributed by atoms with Crippen molar-refractivity contribution >= 4 is 6.09 Å². The number of hydrogen-bond acceptors (Lipinski definition) is 4. The zero-order valence-corrected chi connectivity index (χ0v) is 8.12. The Hall–Kier alpha value is -0.810. The zero-order chi connectivity index (χ0) is 9.90. The molecule has 1 fully saturated rings. The molecule has 13 heavy (non-hydrogen) atoms. The van der Waals surface area contributed by atoms with E-state index in [1.165, 1.54) is 7.05 Å². The lowest BCUT2D eigenvalue weighted by Gasteiger charge is -2.16. The second-order valence-electron chi connectivity index (χ2n) is 3.30. The Morgan fingerprint density at radius 3 is 2.85 bits per heavy atom. The highest BCUT2D eigenvalue weighted by Crippen LogP contribution is 2.22. The van der Waals surface area contributed by atoms with Crippen LogP contribution < -0.4 is 5.32 Å². The van der Waals surface area contributed by atoms with Crippen molar-refractivity contribution in [3.05, 3.63) is 0 Å². The van der Waals surface area contributed by atoms with E-state index in [1.807, 2.05) is 13.8 Å². The second kappa shape index (κ2) is 3.93. The van der Waals surface area contributed by atoms with Gasteiger partial charge in [0.2, 0.25) is 0 Å². The molecule has 76 valence electrons. The molecule has 0 aromatic rings. The highest BCUT2D eigenvalue weighted by atomic mass is 16.7. The van der Waals surface area contributed by atoms with Crippen molar-refractivity contribution in [2.45, 2.75) is 25.7 Å². The van der Waals surface area contributed by atoms with E-state index < -0.39 is 11.9 Å². The molecule has 0 aromatic carbocycles. The first kappa shape index (κ1) is 10.3. The highest BCUT2D eigenvalue weighted by molar-refractivity contribution is 5.66. The van der Waals surface area contributed by atoms with Gasteiger partial charge in [-0.05, 0) is 13.8 Å². The van der Waals surface area contributed by atoms with Crippen LogP contribution in [0.15, 0.2) is 0 Å². The maximum absolute atomic E-state index is 10.7. The lowest BCUT2D eigenvalue weighted by Crippen LogP contribution is -2.28. The van der Waals surface area contributed by atoms with E-state index in [1.54, 1.807) is 0 Å². The van der Waals surface area contributed by atoms with Crippen molar-refractivity contribution < 1.29 is 19.0 Å². The number of nitrogens with one attached hydrogen (secondary N) is 1. The second-order valence-corrected chi connectivity index (χ2v) is 3.30. The fourth-order valence-electron chi connectivity index (χ4n) is 1.09. The Balaban J connectivity index is 2.21. The number of ether oxygens (including phenoxy) is 3. The van der Waals surface area contributed by atoms with E-state index in [-0.39, 0.29) is 12.7 Å². The molecule has 0 spiro atoms. The van der Waals surface area contributed by atoms with Gasteiger partial charge in [-0.1, -0.05) is 0 Å². The minimum Gasteiger partial charge on any atom is -0.447 e. The van der Waals surface area contributed by atoms with Crippen LogP contribution in [0.1, 0.15) is 13.8 Å². The molecule has 1 heterocycles. The van der Waals surface area contributed by atoms with Gasteiger partial charge in [-0.2, -0.15) is 0 Å². The minimum atomic E-state index is -0.559. The van der Waals surface area contributed by atoms with E-state index in [9.17, 15) is 4.79 Å². The number of hydrogen-bond donors (Lipinski definition) is 1. The average Bonchev–Trinajstić information content (AvgIpc) is 2.41. The van der Waals surface area contributed by atoms with Crippen LogP contribution in [-0.2, 0) is 14.2 Å². The van der Waals surface area contributed by atoms with Crippen LogP contribution in [0, 0.1) is 0 Å². The van der Waals surface area contributed by atoms with Gasteiger partial charge in [-0.3, -0.25) is 0 Å². The monoisotopic (exact) mass is 189 g/mol. The summed E-state index contributed by atoms with van der Waals surface area (Å²) in [5.41, 5.74) is 0. The summed E-state index contributed by atoms with van der Waals surface area (Å²) < 4.78 is 15.5. The molecule has 0 bridgehead atoms. The number of alkyl carbamates (subject to hydrolysis) is 1. The van der Waals surface area contributed by atoms with Crippen LogP contribution in [0.25, 0.3) is 0 Å². The first-order chi connectivity index (χ1) is 6.03. The van der Waals surface area contributed by atoms with Gasteiger partial charge in [0.05, 0.1) is 6.61 Å². The van der Waals surface area contributed by atoms with Crippen LogP contribution in [-0.4, -0.2) is 38.2 Å². The predicted octanol–water partition coefficient (Wildman–Crippen LogP) is 0.494. The summed E-state index contributed by atoms with van der Waals surface area (Å²) in [5.74, 6) is -0.559. The molecular formula is C8H15NO4. The van der Waals surface area contributed by atoms with Crippen molar-refractivity contribution in [3.63, 3.8) is 0 Å². The van der Waals surface area contributed by atoms with Gasteiger partial charge in [-0.15, -0.1) is 0 Å². The smallest absolute Gasteiger partial charge is 0.406 e. The van der Waals surface area contributed by atoms with E-state index in [4.69, 9.17) is 14.2 Å². The molecule has 5 heteroatoms. The molecule has 0 radical (unpaired) electrons. The van der Waals surface area contributed by atoms with Gasteiger partial charge < -0.3 is 19.5 Å². The molecule has 1 aliphatic heterocycles. The maximum Gasteiger partial charge on any atom is 0.406 e. The Morgan fingerprint density at radius 2 is 2.38 bits per heavy atom. The van der Waals surface area contributed by atoms with Crippen LogP contribution >= 0.6 is 0 Å². The van der Waals surface area contributed by atoms with Crippen LogP contribution in [0.5, 0.6) is 0 Å². The fraction of sp³-hybridized carbons (Fsp3) is 0.875. The molecular weight excluding hydrogens is 174 g/mol. The van der Waals surface area contributed by atoms with E-state index in [0.29, 0.717) is 6.61 Å². The van der Waals surface area contributed by atoms with E-state index in [2.05, 4.69) is 5.32 Å². The van der Waals surface area contributed by atoms with Gasteiger partial charge in [-0.25, -0.2) is 4.79 Å². The largest absolute Gasteiger partial charge is 0.447 e. The molecule has 0 saturated carbocycles. The standard InChI is InChI=1S/C8H15NO4/c1-8(2)12-5-6(13-8)4-11-7(10)9-3/h6H,4-5H2,1-3H3,(H,9,10). The molecule has 1 saturated heterocycles. The Kier molecular flexibility index (Phi) is 3.11. The van der Waals surface area contributed by atoms with Gasteiger partial charge in [0, 0.05) is 7.05 Å². The summed E-state index contributed by atoms with van der Waals surface area (Å²) >= 11 is 0. The summed E-state index contributed by atoms with van der Waals surface area (Å²) in [6.07, 6.45) is -0.611. The first-order valence-corrected chi connectivity index (χ1v) is 4.20. The fourth-order valence-corrected chi connectivity index (χ4v) is 1.09. The highest BCUT2D eigenvalue weighted by Gasteiger charge is 2.33. The molecule has 1 rings (SSSR count). The Morgan fingerprint density at radius 1 is 1.69 bits per heavy atom. The topological polar surface area (TPSA) is 56.8 Å². The third-order valence-corrected chi connectivity index (χ3v) is 1.67. The molecule has 5 nitrogen and oxygen atoms in total. The van der Waals surface area contributed by atoms with Gasteiger partial charge in [0.25, 0.3) is 0 Å². The predicted molar refractivity (Wildman–Crippen MR) is 45.3 cm³/mol. The van der Waals surface area contributed by atoms with Crippen molar-refractivity contribution in [1.82, 2.24) is 5.32 Å². The maximum atomic E-state index is 10.7. The number of rotatable bonds is 2. The van der Waals surface area contributed by atoms with Crippen molar-refractivity contribution in [2.75, 3.05) is 20.3 Å². The number of carbonyl (C=O) groups excluding carboxylic acids is 1. The van der Waals surface area contributed by atoms with Crippen LogP contribution in [0.4, 0.5) is 4.79 Å². The minimum absolute atomic E-state index is 0.160. The summed E-state index contributed by atoms with van der Waals surface area (Å²) in [6, 6.07) is 0. The molecule has 1 unspecified atom stereocenters. The van der Waals surface area contributed by atoms with Crippen molar-refractivity contribution in [1.29, 1.82) is 0 Å². The summed E-state index contributed by atoms with van der Waals surface area (Å²) in [5, 5.41) is 2.35. The van der Waals surface area contributed by atoms with Crippen LogP contribution in [0.2, 0.25) is 0 Å². The average molecular weight is 189 g/mol. The third kappa shape index (κ3) is 3.20. The molecule has 0 aliphatic carbocycles. The molecule has 1 aliphatic rings. The van der Waals surface area contributed by atoms with Crippen molar-refractivity contribution in [3.8, 4) is 0 Å². The summed E-state index contributed by atoms with van der Waals surface area (Å²) in [4.78, 5) is 10.7. The zero-order valence-electron chi connectivity index (χ0n) is 8.12. The Bertz CT molecular complexity index is 193. The molecule has 0 aromatic heterocycles. The normalized spacial score (nSPS) is 25.6. The quantitative estimate of drug-likeness (QED) is 0.687. The third-order valence-electron chi connectivity index (χ3n) is 1.67. The SMILES string of the molecule is CNC(=O)OCC1COC(C)(C)O1. The van der Waals surface area contributed by atoms with Gasteiger partial charge in [0.15, 0.2) is 5.79 Å². The van der Waals surface area contributed by atoms with Gasteiger partial charge >= 0.3 is 6.09 Å². The van der Waals surface area contributed by atoms with Crippen LogP contribution in [0.3, 0.4) is 0 Å². The summed E-state index contributed by atoms with van der Waals surface area (Å²) in [6.45, 7) is 4.34. The van der Waals surface area contributed by atoms with Crippen molar-refractivity contribution in [2.24, 2.45) is 0 Å². The molecule has 1 atom stereocenters. The molecule has 1 amide bonds. The lowest BCUT2D eigenvalue weighted by atomic mass is 10.4. The number of amides is 1. The summed E-state index contributed by atoms with van der Waals surface area (Å²) in [7, 11) is 1.51. The lowest BCUT2D eigenvalue weighted by molar-refractivity contribution is -0.142. The first-order valence-electron chi connectivity index (χ1n) is 4.20. The van der Waals surface area contributed by atoms with Gasteiger partial charge in [0.1, 0.15) is 12.7 Å². The Labute approximate surface area is 77.3 Å². The van der Waals surface area contributed by atoms with E-state index >= 15 is 0 Å². The number of carbonyl (C=O) groups is 1. The van der Waals surface area contributed by atoms with E-state index in [0.717, 1.165) is 0 Å². The molecule has 1 N–H and O–H groups in total.